The monoisotopic (exact) mass is 285 g/mol. The van der Waals surface area contributed by atoms with Gasteiger partial charge in [0.05, 0.1) is 0 Å². The molecule has 0 fully saturated rings. The predicted molar refractivity (Wildman–Crippen MR) is 82.2 cm³/mol. The fraction of sp³-hybridized carbons (Fsp3) is 0.125. The maximum atomic E-state index is 9.24. The van der Waals surface area contributed by atoms with Crippen molar-refractivity contribution < 1.29 is 9.84 Å². The van der Waals surface area contributed by atoms with Gasteiger partial charge in [-0.3, -0.25) is 0 Å². The van der Waals surface area contributed by atoms with E-state index in [1.54, 1.807) is 35.6 Å². The van der Waals surface area contributed by atoms with E-state index in [0.717, 1.165) is 16.9 Å². The van der Waals surface area contributed by atoms with Gasteiger partial charge in [-0.15, -0.1) is 11.3 Å². The Morgan fingerprint density at radius 1 is 1.10 bits per heavy atom. The van der Waals surface area contributed by atoms with E-state index in [2.05, 4.69) is 23.6 Å². The Balaban J connectivity index is 1.81. The molecule has 0 spiro atoms. The summed E-state index contributed by atoms with van der Waals surface area (Å²) in [4.78, 5) is 0. The fourth-order valence-electron chi connectivity index (χ4n) is 2.07. The summed E-state index contributed by atoms with van der Waals surface area (Å²) in [7, 11) is 0. The van der Waals surface area contributed by atoms with Gasteiger partial charge in [0.1, 0.15) is 18.1 Å². The Morgan fingerprint density at radius 2 is 1.90 bits per heavy atom. The van der Waals surface area contributed by atoms with Crippen molar-refractivity contribution in [1.82, 2.24) is 0 Å². The van der Waals surface area contributed by atoms with Crippen molar-refractivity contribution in [3.63, 3.8) is 0 Å². The zero-order valence-corrected chi connectivity index (χ0v) is 11.7. The first-order valence-electron chi connectivity index (χ1n) is 6.37. The Bertz CT molecular complexity index is 719. The molecular weight excluding hydrogens is 270 g/mol. The maximum Gasteiger partial charge on any atom is 0.120 e. The lowest BCUT2D eigenvalue weighted by molar-refractivity contribution is 0.307. The molecule has 3 rings (SSSR count). The number of thiophene rings is 1. The van der Waals surface area contributed by atoms with Crippen LogP contribution in [0.15, 0.2) is 47.8 Å². The van der Waals surface area contributed by atoms with Gasteiger partial charge in [0, 0.05) is 16.8 Å². The van der Waals surface area contributed by atoms with Crippen LogP contribution in [0, 0.1) is 0 Å². The van der Waals surface area contributed by atoms with Crippen LogP contribution in [0.2, 0.25) is 0 Å². The van der Waals surface area contributed by atoms with Crippen molar-refractivity contribution >= 4 is 21.4 Å². The van der Waals surface area contributed by atoms with Crippen LogP contribution in [0.1, 0.15) is 11.1 Å². The maximum absolute atomic E-state index is 9.24. The average Bonchev–Trinajstić information content (AvgIpc) is 2.89. The number of hydrogen-bond donors (Lipinski definition) is 2. The van der Waals surface area contributed by atoms with Crippen molar-refractivity contribution in [3.8, 4) is 11.5 Å². The Morgan fingerprint density at radius 3 is 2.65 bits per heavy atom. The Hall–Kier alpha value is -2.04. The van der Waals surface area contributed by atoms with Gasteiger partial charge in [0.15, 0.2) is 0 Å². The molecule has 0 bridgehead atoms. The highest BCUT2D eigenvalue weighted by atomic mass is 32.1. The Labute approximate surface area is 121 Å². The van der Waals surface area contributed by atoms with E-state index in [1.807, 2.05) is 0 Å². The first-order valence-corrected chi connectivity index (χ1v) is 7.25. The molecule has 4 heteroatoms. The number of nitrogens with two attached hydrogens (primary N) is 1. The molecule has 1 heterocycles. The van der Waals surface area contributed by atoms with Crippen LogP contribution < -0.4 is 10.5 Å². The van der Waals surface area contributed by atoms with Crippen LogP contribution >= 0.6 is 11.3 Å². The number of rotatable bonds is 4. The minimum Gasteiger partial charge on any atom is -0.508 e. The molecule has 0 saturated carbocycles. The summed E-state index contributed by atoms with van der Waals surface area (Å²) >= 11 is 1.71. The van der Waals surface area contributed by atoms with Crippen LogP contribution in [-0.2, 0) is 13.2 Å². The standard InChI is InChI=1S/C16H15NO2S/c17-8-11-1-6-16-15(7-11)12(10-20-16)9-19-14-4-2-13(18)3-5-14/h1-7,10,18H,8-9,17H2. The first-order chi connectivity index (χ1) is 9.76. The summed E-state index contributed by atoms with van der Waals surface area (Å²) < 4.78 is 6.99. The molecule has 0 aliphatic carbocycles. The van der Waals surface area contributed by atoms with Gasteiger partial charge >= 0.3 is 0 Å². The molecule has 0 radical (unpaired) electrons. The van der Waals surface area contributed by atoms with Gasteiger partial charge in [-0.2, -0.15) is 0 Å². The van der Waals surface area contributed by atoms with Crippen LogP contribution in [-0.4, -0.2) is 5.11 Å². The zero-order valence-electron chi connectivity index (χ0n) is 10.9. The van der Waals surface area contributed by atoms with Gasteiger partial charge in [-0.1, -0.05) is 6.07 Å². The molecule has 1 aromatic heterocycles. The lowest BCUT2D eigenvalue weighted by atomic mass is 10.1. The minimum absolute atomic E-state index is 0.242. The van der Waals surface area contributed by atoms with E-state index in [-0.39, 0.29) is 5.75 Å². The second-order valence-electron chi connectivity index (χ2n) is 4.58. The van der Waals surface area contributed by atoms with Crippen LogP contribution in [0.25, 0.3) is 10.1 Å². The van der Waals surface area contributed by atoms with Crippen LogP contribution in [0.4, 0.5) is 0 Å². The molecule has 0 unspecified atom stereocenters. The lowest BCUT2D eigenvalue weighted by Crippen LogP contribution is -1.97. The number of ether oxygens (including phenoxy) is 1. The van der Waals surface area contributed by atoms with E-state index in [9.17, 15) is 5.11 Å². The highest BCUT2D eigenvalue weighted by Gasteiger charge is 2.06. The summed E-state index contributed by atoms with van der Waals surface area (Å²) in [5.41, 5.74) is 7.97. The molecule has 3 nitrogen and oxygen atoms in total. The number of hydrogen-bond acceptors (Lipinski definition) is 4. The van der Waals surface area contributed by atoms with Crippen LogP contribution in [0.5, 0.6) is 11.5 Å². The molecule has 0 saturated heterocycles. The van der Waals surface area contributed by atoms with Crippen molar-refractivity contribution in [2.24, 2.45) is 5.73 Å². The van der Waals surface area contributed by atoms with Gasteiger partial charge in [-0.05, 0) is 52.7 Å². The normalized spacial score (nSPS) is 10.8. The van der Waals surface area contributed by atoms with Crippen LogP contribution in [0.3, 0.4) is 0 Å². The third-order valence-corrected chi connectivity index (χ3v) is 4.20. The first kappa shape index (κ1) is 13.0. The molecule has 20 heavy (non-hydrogen) atoms. The number of phenolic OH excluding ortho intramolecular Hbond substituents is 1. The van der Waals surface area contributed by atoms with Crippen molar-refractivity contribution in [2.45, 2.75) is 13.2 Å². The SMILES string of the molecule is NCc1ccc2scc(COc3ccc(O)cc3)c2c1. The molecule has 0 aliphatic heterocycles. The summed E-state index contributed by atoms with van der Waals surface area (Å²) in [6, 6.07) is 13.0. The summed E-state index contributed by atoms with van der Waals surface area (Å²) in [6.07, 6.45) is 0. The van der Waals surface area contributed by atoms with Crippen molar-refractivity contribution in [2.75, 3.05) is 0 Å². The Kier molecular flexibility index (Phi) is 3.58. The molecule has 0 aliphatic rings. The minimum atomic E-state index is 0.242. The van der Waals surface area contributed by atoms with Crippen molar-refractivity contribution in [3.05, 3.63) is 59.0 Å². The topological polar surface area (TPSA) is 55.5 Å². The highest BCUT2D eigenvalue weighted by Crippen LogP contribution is 2.28. The summed E-state index contributed by atoms with van der Waals surface area (Å²) in [5.74, 6) is 0.989. The third kappa shape index (κ3) is 2.61. The molecule has 0 amide bonds. The van der Waals surface area contributed by atoms with Gasteiger partial charge in [0.2, 0.25) is 0 Å². The number of benzene rings is 2. The average molecular weight is 285 g/mol. The van der Waals surface area contributed by atoms with Gasteiger partial charge < -0.3 is 15.6 Å². The fourth-order valence-corrected chi connectivity index (χ4v) is 3.00. The zero-order chi connectivity index (χ0) is 13.9. The largest absolute Gasteiger partial charge is 0.508 e. The quantitative estimate of drug-likeness (QED) is 0.769. The number of phenols is 1. The van der Waals surface area contributed by atoms with E-state index < -0.39 is 0 Å². The third-order valence-electron chi connectivity index (χ3n) is 3.18. The molecular formula is C16H15NO2S. The number of fused-ring (bicyclic) bond motifs is 1. The molecule has 3 aromatic rings. The second-order valence-corrected chi connectivity index (χ2v) is 5.49. The molecule has 0 atom stereocenters. The van der Waals surface area contributed by atoms with E-state index >= 15 is 0 Å². The lowest BCUT2D eigenvalue weighted by Gasteiger charge is -2.06. The van der Waals surface area contributed by atoms with E-state index in [1.165, 1.54) is 10.1 Å². The smallest absolute Gasteiger partial charge is 0.120 e. The van der Waals surface area contributed by atoms with E-state index in [4.69, 9.17) is 10.5 Å². The molecule has 2 aromatic carbocycles. The van der Waals surface area contributed by atoms with Crippen molar-refractivity contribution in [1.29, 1.82) is 0 Å². The summed E-state index contributed by atoms with van der Waals surface area (Å²) in [6.45, 7) is 1.06. The second kappa shape index (κ2) is 5.53. The summed E-state index contributed by atoms with van der Waals surface area (Å²) in [5, 5.41) is 12.6. The number of aromatic hydroxyl groups is 1. The van der Waals surface area contributed by atoms with Gasteiger partial charge in [0.25, 0.3) is 0 Å². The van der Waals surface area contributed by atoms with Gasteiger partial charge in [-0.25, -0.2) is 0 Å². The highest BCUT2D eigenvalue weighted by molar-refractivity contribution is 7.17. The predicted octanol–water partition coefficient (Wildman–Crippen LogP) is 3.64. The molecule has 3 N–H and O–H groups in total. The van der Waals surface area contributed by atoms with E-state index in [0.29, 0.717) is 13.2 Å². The molecule has 102 valence electrons.